The van der Waals surface area contributed by atoms with Crippen molar-refractivity contribution in [3.63, 3.8) is 0 Å². The van der Waals surface area contributed by atoms with Gasteiger partial charge < -0.3 is 34.3 Å². The Balaban J connectivity index is 0.949. The van der Waals surface area contributed by atoms with E-state index in [0.717, 1.165) is 55.5 Å². The lowest BCUT2D eigenvalue weighted by molar-refractivity contribution is -0.140. The fourth-order valence-electron chi connectivity index (χ4n) is 10.7. The van der Waals surface area contributed by atoms with Gasteiger partial charge in [0.15, 0.2) is 0 Å². The number of H-pyrrole nitrogens is 2. The zero-order valence-corrected chi connectivity index (χ0v) is 41.2. The van der Waals surface area contributed by atoms with Gasteiger partial charge in [-0.2, -0.15) is 8.61 Å². The highest BCUT2D eigenvalue weighted by Gasteiger charge is 2.52. The number of fused-ring (bicyclic) bond motifs is 2. The van der Waals surface area contributed by atoms with Crippen molar-refractivity contribution in [2.45, 2.75) is 78.8 Å². The second-order valence-corrected chi connectivity index (χ2v) is 23.1. The highest BCUT2D eigenvalue weighted by atomic mass is 32.2. The normalized spacial score (nSPS) is 21.9. The molecule has 5 aliphatic rings. The SMILES string of the molecule is COCCN(C)C(=O)[C@@H]1CC(c2cnc3cc(-c4cc(S(=O)(=O)N5CC[C@H]5C(=O)N5CCCCC5)ccc4N4CCC(F)(F)C4)[nH]c3c2)N1S(=O)(=O)c1ccc(N2CCC2)c(-c2cc3ncccc3[nH]2)c1. The fraction of sp³-hybridized carbons (Fsp3) is 0.440. The summed E-state index contributed by atoms with van der Waals surface area (Å²) in [5, 5.41) is 0. The molecule has 0 radical (unpaired) electrons. The Kier molecular flexibility index (Phi) is 12.2. The number of likely N-dealkylation sites (tertiary alicyclic amines) is 1. The number of hydrogen-bond acceptors (Lipinski definition) is 11. The van der Waals surface area contributed by atoms with E-state index in [0.29, 0.717) is 64.3 Å². The van der Waals surface area contributed by atoms with E-state index in [2.05, 4.69) is 19.9 Å². The number of piperidine rings is 1. The number of rotatable bonds is 14. The van der Waals surface area contributed by atoms with E-state index in [-0.39, 0.29) is 60.7 Å². The summed E-state index contributed by atoms with van der Waals surface area (Å²) < 4.78 is 96.3. The van der Waals surface area contributed by atoms with Crippen LogP contribution in [0.1, 0.15) is 56.6 Å². The molecule has 71 heavy (non-hydrogen) atoms. The topological polar surface area (TPSA) is 188 Å². The number of aromatic nitrogens is 4. The van der Waals surface area contributed by atoms with E-state index in [1.165, 1.54) is 37.7 Å². The van der Waals surface area contributed by atoms with Crippen LogP contribution in [-0.4, -0.2) is 158 Å². The Bertz CT molecular complexity index is 3250. The number of hydrogen-bond donors (Lipinski definition) is 2. The van der Waals surface area contributed by atoms with Crippen molar-refractivity contribution in [3.05, 3.63) is 84.7 Å². The number of sulfonamides is 2. The van der Waals surface area contributed by atoms with Gasteiger partial charge in [0.2, 0.25) is 31.9 Å². The number of pyridine rings is 2. The number of amides is 2. The van der Waals surface area contributed by atoms with E-state index in [9.17, 15) is 26.8 Å². The Morgan fingerprint density at radius 3 is 2.07 bits per heavy atom. The van der Waals surface area contributed by atoms with Crippen LogP contribution in [0.25, 0.3) is 44.6 Å². The molecule has 5 saturated heterocycles. The molecule has 2 aromatic carbocycles. The van der Waals surface area contributed by atoms with Gasteiger partial charge in [-0.05, 0) is 111 Å². The Morgan fingerprint density at radius 2 is 1.45 bits per heavy atom. The quantitative estimate of drug-likeness (QED) is 0.126. The smallest absolute Gasteiger partial charge is 0.266 e. The molecule has 0 aliphatic carbocycles. The summed E-state index contributed by atoms with van der Waals surface area (Å²) in [6.45, 7) is 3.02. The number of carbonyl (C=O) groups is 2. The molecule has 5 aliphatic heterocycles. The molecule has 5 fully saturated rings. The molecule has 21 heteroatoms. The van der Waals surface area contributed by atoms with Gasteiger partial charge in [-0.25, -0.2) is 25.6 Å². The molecule has 0 saturated carbocycles. The van der Waals surface area contributed by atoms with Crippen LogP contribution in [0.5, 0.6) is 0 Å². The van der Waals surface area contributed by atoms with E-state index < -0.39 is 50.6 Å². The molecule has 17 nitrogen and oxygen atoms in total. The zero-order valence-electron chi connectivity index (χ0n) is 39.6. The van der Waals surface area contributed by atoms with Crippen molar-refractivity contribution < 1.29 is 39.9 Å². The summed E-state index contributed by atoms with van der Waals surface area (Å²) in [5.74, 6) is -3.53. The first-order valence-corrected chi connectivity index (χ1v) is 27.2. The van der Waals surface area contributed by atoms with E-state index in [1.807, 2.05) is 24.3 Å². The third kappa shape index (κ3) is 8.51. The molecule has 1 unspecified atom stereocenters. The summed E-state index contributed by atoms with van der Waals surface area (Å²) in [5.41, 5.74) is 6.43. The van der Waals surface area contributed by atoms with Crippen LogP contribution in [0, 0.1) is 0 Å². The Labute approximate surface area is 410 Å². The summed E-state index contributed by atoms with van der Waals surface area (Å²) in [4.78, 5) is 50.5. The van der Waals surface area contributed by atoms with Crippen LogP contribution in [0.3, 0.4) is 0 Å². The number of ether oxygens (including phenoxy) is 1. The Morgan fingerprint density at radius 1 is 0.775 bits per heavy atom. The zero-order chi connectivity index (χ0) is 49.4. The molecule has 9 heterocycles. The third-order valence-corrected chi connectivity index (χ3v) is 18.8. The number of nitrogens with zero attached hydrogens (tertiary/aromatic N) is 8. The molecular formula is C50H56F2N10O7S2. The first kappa shape index (κ1) is 47.3. The molecule has 4 aromatic heterocycles. The summed E-state index contributed by atoms with van der Waals surface area (Å²) >= 11 is 0. The van der Waals surface area contributed by atoms with Crippen molar-refractivity contribution in [2.75, 3.05) is 82.9 Å². The van der Waals surface area contributed by atoms with E-state index in [1.54, 1.807) is 54.7 Å². The Hall–Kier alpha value is -6.00. The number of methoxy groups -OCH3 is 1. The molecule has 2 amide bonds. The maximum Gasteiger partial charge on any atom is 0.266 e. The highest BCUT2D eigenvalue weighted by Crippen LogP contribution is 2.47. The molecular weight excluding hydrogens is 955 g/mol. The molecule has 374 valence electrons. The lowest BCUT2D eigenvalue weighted by atomic mass is 9.90. The second-order valence-electron chi connectivity index (χ2n) is 19.4. The van der Waals surface area contributed by atoms with Gasteiger partial charge in [0, 0.05) is 101 Å². The minimum Gasteiger partial charge on any atom is -0.383 e. The lowest BCUT2D eigenvalue weighted by Gasteiger charge is -2.47. The number of anilines is 2. The van der Waals surface area contributed by atoms with Crippen molar-refractivity contribution in [1.82, 2.24) is 38.3 Å². The van der Waals surface area contributed by atoms with Gasteiger partial charge >= 0.3 is 0 Å². The predicted molar refractivity (Wildman–Crippen MR) is 264 cm³/mol. The van der Waals surface area contributed by atoms with Crippen molar-refractivity contribution in [2.24, 2.45) is 0 Å². The average molecular weight is 1010 g/mol. The molecule has 6 aromatic rings. The molecule has 0 spiro atoms. The monoisotopic (exact) mass is 1010 g/mol. The van der Waals surface area contributed by atoms with Crippen LogP contribution in [-0.2, 0) is 34.4 Å². The molecule has 2 N–H and O–H groups in total. The first-order valence-electron chi connectivity index (χ1n) is 24.3. The van der Waals surface area contributed by atoms with Gasteiger partial charge in [0.1, 0.15) is 12.1 Å². The number of carbonyl (C=O) groups excluding carboxylic acids is 2. The summed E-state index contributed by atoms with van der Waals surface area (Å²) in [6, 6.07) is 16.0. The fourth-order valence-corrected chi connectivity index (χ4v) is 14.1. The van der Waals surface area contributed by atoms with Crippen LogP contribution in [0.4, 0.5) is 20.2 Å². The number of aromatic amines is 2. The van der Waals surface area contributed by atoms with Gasteiger partial charge in [-0.1, -0.05) is 0 Å². The van der Waals surface area contributed by atoms with Crippen LogP contribution in [0.2, 0.25) is 0 Å². The largest absolute Gasteiger partial charge is 0.383 e. The van der Waals surface area contributed by atoms with Crippen molar-refractivity contribution >= 4 is 65.3 Å². The minimum atomic E-state index is -4.38. The van der Waals surface area contributed by atoms with Crippen molar-refractivity contribution in [3.8, 4) is 22.5 Å². The molecule has 11 rings (SSSR count). The predicted octanol–water partition coefficient (Wildman–Crippen LogP) is 6.21. The second kappa shape index (κ2) is 18.2. The van der Waals surface area contributed by atoms with Gasteiger partial charge in [0.25, 0.3) is 5.92 Å². The summed E-state index contributed by atoms with van der Waals surface area (Å²) in [7, 11) is -5.42. The van der Waals surface area contributed by atoms with Gasteiger partial charge in [-0.3, -0.25) is 19.6 Å². The van der Waals surface area contributed by atoms with Crippen molar-refractivity contribution in [1.29, 1.82) is 0 Å². The van der Waals surface area contributed by atoms with Gasteiger partial charge in [0.05, 0.1) is 62.4 Å². The number of alkyl halides is 2. The van der Waals surface area contributed by atoms with Crippen LogP contribution in [0.15, 0.2) is 88.9 Å². The number of nitrogens with one attached hydrogen (secondary N) is 2. The molecule has 0 bridgehead atoms. The highest BCUT2D eigenvalue weighted by molar-refractivity contribution is 7.89. The maximum absolute atomic E-state index is 15.2. The minimum absolute atomic E-state index is 0.0110. The number of benzene rings is 2. The average Bonchev–Trinajstić information content (AvgIpc) is 4.05. The standard InChI is InChI=1S/C50H56F2N10O7S2/c1-57(22-23-69-2)48(63)47-29-46(62(47)71(67,68)34-10-11-43(58-18-7-19-58)35(26-34)38-27-40-37(55-38)8-6-15-53-40)32-24-42-41(54-30-32)28-39(56-42)36-25-33(9-12-44(36)60-21-14-50(51,52)31-60)70(65,66)61-20-13-45(61)49(64)59-16-4-3-5-17-59/h6,8-12,15,24-28,30,45-47,55-56H,3-5,7,13-14,16-23,29,31H2,1-2H3/t45-,46?,47-/m0/s1. The lowest BCUT2D eigenvalue weighted by Crippen LogP contribution is -2.60. The maximum atomic E-state index is 15.2. The van der Waals surface area contributed by atoms with E-state index in [4.69, 9.17) is 9.72 Å². The van der Waals surface area contributed by atoms with Crippen LogP contribution >= 0.6 is 0 Å². The first-order chi connectivity index (χ1) is 34.1. The van der Waals surface area contributed by atoms with Crippen LogP contribution < -0.4 is 9.80 Å². The number of halogens is 2. The summed E-state index contributed by atoms with van der Waals surface area (Å²) in [6.07, 6.45) is 7.26. The van der Waals surface area contributed by atoms with Gasteiger partial charge in [-0.15, -0.1) is 0 Å². The third-order valence-electron chi connectivity index (χ3n) is 14.9. The molecule has 3 atom stereocenters. The number of likely N-dealkylation sites (N-methyl/N-ethyl adjacent to an activating group) is 1. The van der Waals surface area contributed by atoms with E-state index >= 15 is 8.42 Å².